The Labute approximate surface area is 152 Å². The zero-order chi connectivity index (χ0) is 19.3. The number of benzene rings is 1. The van der Waals surface area contributed by atoms with Gasteiger partial charge in [0.1, 0.15) is 0 Å². The standard InChI is InChI=1S/C17H16ClF3N2O3/c18-13-10(4-5-12(19)14(13)20)9-23-16(26)17(21,6-2-8-24)11-3-1-7-22-15(11)25/h1,3-5,7,24H,2,6,8-9H2,(H,22,25)(H,23,26)/t17-/m0/s1. The van der Waals surface area contributed by atoms with Crippen LogP contribution < -0.4 is 5.32 Å². The van der Waals surface area contributed by atoms with Crippen LogP contribution in [0.2, 0.25) is 5.02 Å². The number of aliphatic hydroxyl groups excluding tert-OH is 1. The van der Waals surface area contributed by atoms with Crippen LogP contribution in [0.25, 0.3) is 0 Å². The van der Waals surface area contributed by atoms with Gasteiger partial charge < -0.3 is 15.5 Å². The van der Waals surface area contributed by atoms with E-state index in [0.29, 0.717) is 0 Å². The second kappa shape index (κ2) is 8.37. The number of aromatic hydroxyl groups is 1. The van der Waals surface area contributed by atoms with Gasteiger partial charge in [0.05, 0.1) is 10.6 Å². The molecular weight excluding hydrogens is 373 g/mol. The van der Waals surface area contributed by atoms with Gasteiger partial charge in [0.2, 0.25) is 11.5 Å². The monoisotopic (exact) mass is 388 g/mol. The summed E-state index contributed by atoms with van der Waals surface area (Å²) in [4.78, 5) is 16.0. The molecule has 9 heteroatoms. The van der Waals surface area contributed by atoms with E-state index in [1.807, 2.05) is 0 Å². The van der Waals surface area contributed by atoms with E-state index >= 15 is 4.39 Å². The fourth-order valence-corrected chi connectivity index (χ4v) is 2.64. The van der Waals surface area contributed by atoms with Crippen LogP contribution in [0.3, 0.4) is 0 Å². The molecule has 0 saturated carbocycles. The molecule has 0 unspecified atom stereocenters. The summed E-state index contributed by atoms with van der Waals surface area (Å²) in [7, 11) is 0. The Morgan fingerprint density at radius 3 is 2.69 bits per heavy atom. The number of aliphatic hydroxyl groups is 1. The summed E-state index contributed by atoms with van der Waals surface area (Å²) in [5.74, 6) is -4.20. The van der Waals surface area contributed by atoms with Crippen molar-refractivity contribution < 1.29 is 28.2 Å². The van der Waals surface area contributed by atoms with Gasteiger partial charge in [0, 0.05) is 19.3 Å². The lowest BCUT2D eigenvalue weighted by atomic mass is 9.90. The van der Waals surface area contributed by atoms with Crippen LogP contribution in [0, 0.1) is 11.6 Å². The van der Waals surface area contributed by atoms with Crippen molar-refractivity contribution in [3.8, 4) is 5.88 Å². The molecule has 1 heterocycles. The maximum Gasteiger partial charge on any atom is 0.262 e. The maximum atomic E-state index is 15.4. The van der Waals surface area contributed by atoms with Crippen molar-refractivity contribution in [3.05, 3.63) is 58.2 Å². The summed E-state index contributed by atoms with van der Waals surface area (Å²) >= 11 is 5.68. The molecule has 0 aliphatic rings. The first kappa shape index (κ1) is 20.0. The number of nitrogens with zero attached hydrogens (tertiary/aromatic N) is 1. The number of pyridine rings is 1. The molecule has 0 bridgehead atoms. The van der Waals surface area contributed by atoms with Gasteiger partial charge in [-0.2, -0.15) is 0 Å². The molecule has 0 radical (unpaired) electrons. The number of alkyl halides is 1. The molecule has 26 heavy (non-hydrogen) atoms. The van der Waals surface area contributed by atoms with Gasteiger partial charge in [0.15, 0.2) is 11.6 Å². The van der Waals surface area contributed by atoms with Crippen LogP contribution in [0.4, 0.5) is 13.2 Å². The lowest BCUT2D eigenvalue weighted by Gasteiger charge is -2.25. The van der Waals surface area contributed by atoms with Gasteiger partial charge in [0.25, 0.3) is 5.91 Å². The normalized spacial score (nSPS) is 13.3. The minimum Gasteiger partial charge on any atom is -0.493 e. The number of hydrogen-bond donors (Lipinski definition) is 3. The summed E-state index contributed by atoms with van der Waals surface area (Å²) in [5.41, 5.74) is -2.98. The zero-order valence-corrected chi connectivity index (χ0v) is 14.2. The molecule has 0 fully saturated rings. The second-order valence-electron chi connectivity index (χ2n) is 5.52. The van der Waals surface area contributed by atoms with Crippen molar-refractivity contribution >= 4 is 17.5 Å². The number of aromatic nitrogens is 1. The number of carbonyl (C=O) groups is 1. The Morgan fingerprint density at radius 2 is 2.04 bits per heavy atom. The maximum absolute atomic E-state index is 15.4. The van der Waals surface area contributed by atoms with Crippen LogP contribution in [0.15, 0.2) is 30.5 Å². The molecule has 3 N–H and O–H groups in total. The molecule has 1 amide bonds. The van der Waals surface area contributed by atoms with Gasteiger partial charge in [-0.05, 0) is 36.6 Å². The fraction of sp³-hybridized carbons (Fsp3) is 0.294. The zero-order valence-electron chi connectivity index (χ0n) is 13.5. The summed E-state index contributed by atoms with van der Waals surface area (Å²) in [5, 5.41) is 20.5. The van der Waals surface area contributed by atoms with Crippen molar-refractivity contribution in [2.24, 2.45) is 0 Å². The van der Waals surface area contributed by atoms with E-state index in [1.165, 1.54) is 18.3 Å². The minimum absolute atomic E-state index is 0.0514. The molecule has 0 aliphatic heterocycles. The predicted molar refractivity (Wildman–Crippen MR) is 88.2 cm³/mol. The summed E-state index contributed by atoms with van der Waals surface area (Å²) in [6.45, 7) is -0.727. The highest BCUT2D eigenvalue weighted by Gasteiger charge is 2.42. The summed E-state index contributed by atoms with van der Waals surface area (Å²) < 4.78 is 42.0. The molecule has 140 valence electrons. The van der Waals surface area contributed by atoms with Crippen molar-refractivity contribution in [1.82, 2.24) is 10.3 Å². The smallest absolute Gasteiger partial charge is 0.262 e. The Morgan fingerprint density at radius 1 is 1.31 bits per heavy atom. The highest BCUT2D eigenvalue weighted by atomic mass is 35.5. The number of halogens is 4. The van der Waals surface area contributed by atoms with Crippen LogP contribution in [0.5, 0.6) is 5.88 Å². The van der Waals surface area contributed by atoms with E-state index in [-0.39, 0.29) is 30.7 Å². The summed E-state index contributed by atoms with van der Waals surface area (Å²) in [6.07, 6.45) is 0.758. The van der Waals surface area contributed by atoms with Gasteiger partial charge in [-0.1, -0.05) is 17.7 Å². The van der Waals surface area contributed by atoms with E-state index in [1.54, 1.807) is 0 Å². The predicted octanol–water partition coefficient (Wildman–Crippen LogP) is 2.97. The highest BCUT2D eigenvalue weighted by molar-refractivity contribution is 6.31. The first-order chi connectivity index (χ1) is 12.3. The van der Waals surface area contributed by atoms with Crippen molar-refractivity contribution in [1.29, 1.82) is 0 Å². The van der Waals surface area contributed by atoms with E-state index in [0.717, 1.165) is 12.1 Å². The molecule has 1 aromatic heterocycles. The third-order valence-electron chi connectivity index (χ3n) is 3.81. The largest absolute Gasteiger partial charge is 0.493 e. The molecule has 5 nitrogen and oxygen atoms in total. The van der Waals surface area contributed by atoms with Gasteiger partial charge in [-0.25, -0.2) is 18.2 Å². The minimum atomic E-state index is -2.67. The van der Waals surface area contributed by atoms with Crippen LogP contribution in [-0.2, 0) is 17.0 Å². The van der Waals surface area contributed by atoms with Crippen molar-refractivity contribution in [3.63, 3.8) is 0 Å². The van der Waals surface area contributed by atoms with Gasteiger partial charge in [-0.3, -0.25) is 4.79 Å². The highest BCUT2D eigenvalue weighted by Crippen LogP contribution is 2.36. The first-order valence-corrected chi connectivity index (χ1v) is 8.04. The molecule has 2 aromatic rings. The van der Waals surface area contributed by atoms with E-state index in [9.17, 15) is 18.7 Å². The summed E-state index contributed by atoms with van der Waals surface area (Å²) in [6, 6.07) is 4.55. The fourth-order valence-electron chi connectivity index (χ4n) is 2.42. The Bertz CT molecular complexity index is 807. The third kappa shape index (κ3) is 4.08. The lowest BCUT2D eigenvalue weighted by Crippen LogP contribution is -2.41. The number of hydrogen-bond acceptors (Lipinski definition) is 4. The number of rotatable bonds is 7. The van der Waals surface area contributed by atoms with Crippen LogP contribution >= 0.6 is 11.6 Å². The molecule has 0 saturated heterocycles. The van der Waals surface area contributed by atoms with E-state index in [2.05, 4.69) is 10.3 Å². The lowest BCUT2D eigenvalue weighted by molar-refractivity contribution is -0.134. The molecular formula is C17H16ClF3N2O3. The number of amides is 1. The molecule has 1 aromatic carbocycles. The SMILES string of the molecule is O=C(NCc1ccc(F)c(F)c1Cl)[C@](F)(CCCO)c1cccnc1O. The van der Waals surface area contributed by atoms with Crippen LogP contribution in [-0.4, -0.2) is 27.7 Å². The average Bonchev–Trinajstić information content (AvgIpc) is 2.63. The topological polar surface area (TPSA) is 82.5 Å². The van der Waals surface area contributed by atoms with Gasteiger partial charge in [-0.15, -0.1) is 0 Å². The molecule has 1 atom stereocenters. The Kier molecular flexibility index (Phi) is 6.44. The molecule has 0 spiro atoms. The Balaban J connectivity index is 2.25. The van der Waals surface area contributed by atoms with Crippen LogP contribution in [0.1, 0.15) is 24.0 Å². The van der Waals surface area contributed by atoms with E-state index in [4.69, 9.17) is 16.7 Å². The Hall–Kier alpha value is -2.32. The quantitative estimate of drug-likeness (QED) is 0.637. The third-order valence-corrected chi connectivity index (χ3v) is 4.22. The van der Waals surface area contributed by atoms with Crippen molar-refractivity contribution in [2.45, 2.75) is 25.1 Å². The second-order valence-corrected chi connectivity index (χ2v) is 5.90. The number of nitrogens with one attached hydrogen (secondary N) is 1. The molecule has 2 rings (SSSR count). The average molecular weight is 389 g/mol. The van der Waals surface area contributed by atoms with Crippen molar-refractivity contribution in [2.75, 3.05) is 6.61 Å². The number of carbonyl (C=O) groups excluding carboxylic acids is 1. The van der Waals surface area contributed by atoms with Gasteiger partial charge >= 0.3 is 0 Å². The molecule has 0 aliphatic carbocycles. The first-order valence-electron chi connectivity index (χ1n) is 7.66. The van der Waals surface area contributed by atoms with E-state index < -0.39 is 40.5 Å².